The number of hydrogen-bond acceptors (Lipinski definition) is 4. The second-order valence-corrected chi connectivity index (χ2v) is 7.34. The standard InChI is InChI=1S/C24H24N4O3/c1-17-8-10-18(11-9-17)16-28-21-7-4-12-25-22(21)27(24(28)30)14-13-26-23(29)19-5-3-6-20(15-19)31-2/h3-12,15H,13-14,16H2,1-2H3,(H,26,29). The zero-order valence-electron chi connectivity index (χ0n) is 17.5. The van der Waals surface area contributed by atoms with E-state index in [2.05, 4.69) is 10.3 Å². The average Bonchev–Trinajstić information content (AvgIpc) is 3.06. The fourth-order valence-electron chi connectivity index (χ4n) is 3.52. The summed E-state index contributed by atoms with van der Waals surface area (Å²) in [5.41, 5.74) is 3.95. The normalized spacial score (nSPS) is 10.9. The maximum atomic E-state index is 13.1. The molecule has 0 unspecified atom stereocenters. The lowest BCUT2D eigenvalue weighted by Gasteiger charge is -2.07. The van der Waals surface area contributed by atoms with Crippen LogP contribution in [0.5, 0.6) is 5.75 Å². The predicted molar refractivity (Wildman–Crippen MR) is 120 cm³/mol. The van der Waals surface area contributed by atoms with Gasteiger partial charge in [-0.3, -0.25) is 13.9 Å². The third-order valence-corrected chi connectivity index (χ3v) is 5.19. The molecular weight excluding hydrogens is 392 g/mol. The maximum absolute atomic E-state index is 13.1. The number of pyridine rings is 1. The van der Waals surface area contributed by atoms with Gasteiger partial charge < -0.3 is 10.1 Å². The molecule has 2 aromatic heterocycles. The van der Waals surface area contributed by atoms with Crippen LogP contribution in [0.3, 0.4) is 0 Å². The molecule has 0 aliphatic heterocycles. The molecule has 1 amide bonds. The molecule has 1 N–H and O–H groups in total. The second-order valence-electron chi connectivity index (χ2n) is 7.34. The number of ether oxygens (including phenoxy) is 1. The monoisotopic (exact) mass is 416 g/mol. The summed E-state index contributed by atoms with van der Waals surface area (Å²) in [6, 6.07) is 18.8. The molecule has 31 heavy (non-hydrogen) atoms. The second kappa shape index (κ2) is 8.87. The number of methoxy groups -OCH3 is 1. The zero-order valence-corrected chi connectivity index (χ0v) is 17.5. The molecule has 0 atom stereocenters. The number of amides is 1. The Morgan fingerprint density at radius 1 is 1.06 bits per heavy atom. The highest BCUT2D eigenvalue weighted by molar-refractivity contribution is 5.94. The zero-order chi connectivity index (χ0) is 21.8. The molecule has 2 aromatic carbocycles. The largest absolute Gasteiger partial charge is 0.497 e. The highest BCUT2D eigenvalue weighted by atomic mass is 16.5. The summed E-state index contributed by atoms with van der Waals surface area (Å²) in [5, 5.41) is 2.86. The summed E-state index contributed by atoms with van der Waals surface area (Å²) >= 11 is 0. The first kappa shape index (κ1) is 20.4. The Bertz CT molecular complexity index is 1270. The first-order valence-corrected chi connectivity index (χ1v) is 10.1. The van der Waals surface area contributed by atoms with Crippen LogP contribution in [0.25, 0.3) is 11.2 Å². The van der Waals surface area contributed by atoms with Gasteiger partial charge in [0.15, 0.2) is 5.65 Å². The molecular formula is C24H24N4O3. The topological polar surface area (TPSA) is 78.1 Å². The molecule has 0 saturated heterocycles. The van der Waals surface area contributed by atoms with Gasteiger partial charge in [0.05, 0.1) is 19.2 Å². The molecule has 7 nitrogen and oxygen atoms in total. The van der Waals surface area contributed by atoms with Gasteiger partial charge in [-0.05, 0) is 42.8 Å². The molecule has 0 aliphatic carbocycles. The van der Waals surface area contributed by atoms with Crippen molar-refractivity contribution >= 4 is 17.1 Å². The molecule has 4 aromatic rings. The Kier molecular flexibility index (Phi) is 5.84. The van der Waals surface area contributed by atoms with E-state index in [1.165, 1.54) is 5.56 Å². The van der Waals surface area contributed by atoms with E-state index in [1.54, 1.807) is 46.7 Å². The minimum Gasteiger partial charge on any atom is -0.497 e. The Balaban J connectivity index is 1.54. The number of aryl methyl sites for hydroxylation is 1. The number of nitrogens with one attached hydrogen (secondary N) is 1. The lowest BCUT2D eigenvalue weighted by Crippen LogP contribution is -2.32. The predicted octanol–water partition coefficient (Wildman–Crippen LogP) is 2.99. The third kappa shape index (κ3) is 4.35. The number of hydrogen-bond donors (Lipinski definition) is 1. The van der Waals surface area contributed by atoms with E-state index in [4.69, 9.17) is 4.74 Å². The summed E-state index contributed by atoms with van der Waals surface area (Å²) in [7, 11) is 1.56. The van der Waals surface area contributed by atoms with Crippen molar-refractivity contribution in [2.24, 2.45) is 0 Å². The van der Waals surface area contributed by atoms with Crippen LogP contribution in [-0.2, 0) is 13.1 Å². The van der Waals surface area contributed by atoms with Crippen LogP contribution in [0.15, 0.2) is 71.7 Å². The smallest absolute Gasteiger partial charge is 0.330 e. The maximum Gasteiger partial charge on any atom is 0.330 e. The van der Waals surface area contributed by atoms with Gasteiger partial charge in [-0.25, -0.2) is 9.78 Å². The first-order valence-electron chi connectivity index (χ1n) is 10.1. The number of imidazole rings is 1. The Morgan fingerprint density at radius 2 is 1.87 bits per heavy atom. The fraction of sp³-hybridized carbons (Fsp3) is 0.208. The lowest BCUT2D eigenvalue weighted by atomic mass is 10.1. The van der Waals surface area contributed by atoms with Gasteiger partial charge in [-0.2, -0.15) is 0 Å². The van der Waals surface area contributed by atoms with Crippen LogP contribution in [0.2, 0.25) is 0 Å². The van der Waals surface area contributed by atoms with Crippen LogP contribution in [0.4, 0.5) is 0 Å². The minimum absolute atomic E-state index is 0.148. The van der Waals surface area contributed by atoms with Crippen molar-refractivity contribution in [2.45, 2.75) is 20.0 Å². The molecule has 158 valence electrons. The molecule has 0 radical (unpaired) electrons. The highest BCUT2D eigenvalue weighted by Crippen LogP contribution is 2.14. The summed E-state index contributed by atoms with van der Waals surface area (Å²) in [6.45, 7) is 3.12. The minimum atomic E-state index is -0.219. The van der Waals surface area contributed by atoms with E-state index in [1.807, 2.05) is 43.3 Å². The van der Waals surface area contributed by atoms with Crippen molar-refractivity contribution in [3.63, 3.8) is 0 Å². The van der Waals surface area contributed by atoms with Gasteiger partial charge in [0.2, 0.25) is 0 Å². The van der Waals surface area contributed by atoms with Crippen LogP contribution >= 0.6 is 0 Å². The first-order chi connectivity index (χ1) is 15.1. The van der Waals surface area contributed by atoms with E-state index < -0.39 is 0 Å². The van der Waals surface area contributed by atoms with Gasteiger partial charge in [-0.1, -0.05) is 35.9 Å². The Labute approximate surface area is 179 Å². The summed E-state index contributed by atoms with van der Waals surface area (Å²) in [5.74, 6) is 0.399. The number of nitrogens with zero attached hydrogens (tertiary/aromatic N) is 3. The van der Waals surface area contributed by atoms with Crippen LogP contribution in [-0.4, -0.2) is 33.7 Å². The molecule has 0 bridgehead atoms. The van der Waals surface area contributed by atoms with E-state index in [0.717, 1.165) is 11.1 Å². The van der Waals surface area contributed by atoms with Crippen molar-refractivity contribution in [1.29, 1.82) is 0 Å². The van der Waals surface area contributed by atoms with Crippen molar-refractivity contribution in [3.8, 4) is 5.75 Å². The molecule has 4 rings (SSSR count). The molecule has 0 spiro atoms. The Hall–Kier alpha value is -3.87. The molecule has 7 heteroatoms. The molecule has 0 fully saturated rings. The Morgan fingerprint density at radius 3 is 2.65 bits per heavy atom. The van der Waals surface area contributed by atoms with E-state index in [9.17, 15) is 9.59 Å². The lowest BCUT2D eigenvalue weighted by molar-refractivity contribution is 0.0952. The van der Waals surface area contributed by atoms with Crippen LogP contribution < -0.4 is 15.7 Å². The number of carbonyl (C=O) groups is 1. The van der Waals surface area contributed by atoms with Crippen molar-refractivity contribution in [1.82, 2.24) is 19.4 Å². The highest BCUT2D eigenvalue weighted by Gasteiger charge is 2.15. The SMILES string of the molecule is COc1cccc(C(=O)NCCn2c(=O)n(Cc3ccc(C)cc3)c3cccnc32)c1. The van der Waals surface area contributed by atoms with Gasteiger partial charge in [0, 0.05) is 24.8 Å². The number of benzene rings is 2. The van der Waals surface area contributed by atoms with Crippen LogP contribution in [0.1, 0.15) is 21.5 Å². The van der Waals surface area contributed by atoms with E-state index >= 15 is 0 Å². The van der Waals surface area contributed by atoms with Gasteiger partial charge in [0.25, 0.3) is 5.91 Å². The average molecular weight is 416 g/mol. The van der Waals surface area contributed by atoms with Crippen molar-refractivity contribution in [2.75, 3.05) is 13.7 Å². The molecule has 0 aliphatic rings. The fourth-order valence-corrected chi connectivity index (χ4v) is 3.52. The summed E-state index contributed by atoms with van der Waals surface area (Å²) in [6.07, 6.45) is 1.67. The van der Waals surface area contributed by atoms with Crippen molar-refractivity contribution in [3.05, 3.63) is 94.0 Å². The van der Waals surface area contributed by atoms with E-state index in [0.29, 0.717) is 36.6 Å². The van der Waals surface area contributed by atoms with E-state index in [-0.39, 0.29) is 11.6 Å². The summed E-state index contributed by atoms with van der Waals surface area (Å²) in [4.78, 5) is 30.0. The van der Waals surface area contributed by atoms with Gasteiger partial charge in [0.1, 0.15) is 5.75 Å². The summed E-state index contributed by atoms with van der Waals surface area (Å²) < 4.78 is 8.49. The number of aromatic nitrogens is 3. The molecule has 2 heterocycles. The number of rotatable bonds is 7. The third-order valence-electron chi connectivity index (χ3n) is 5.19. The quantitative estimate of drug-likeness (QED) is 0.502. The van der Waals surface area contributed by atoms with Crippen LogP contribution in [0, 0.1) is 6.92 Å². The molecule has 0 saturated carbocycles. The number of carbonyl (C=O) groups excluding carboxylic acids is 1. The number of fused-ring (bicyclic) bond motifs is 1. The van der Waals surface area contributed by atoms with Gasteiger partial charge >= 0.3 is 5.69 Å². The van der Waals surface area contributed by atoms with Gasteiger partial charge in [-0.15, -0.1) is 0 Å². The van der Waals surface area contributed by atoms with Crippen molar-refractivity contribution < 1.29 is 9.53 Å².